The maximum Gasteiger partial charge on any atom is 0.454 e. The van der Waals surface area contributed by atoms with E-state index in [9.17, 15) is 18.0 Å². The van der Waals surface area contributed by atoms with Crippen LogP contribution in [0.2, 0.25) is 0 Å². The lowest BCUT2D eigenvalue weighted by Crippen LogP contribution is -2.27. The third-order valence-corrected chi connectivity index (χ3v) is 0.727. The fourth-order valence-electron chi connectivity index (χ4n) is 0.279. The van der Waals surface area contributed by atoms with E-state index in [0.717, 1.165) is 6.92 Å². The van der Waals surface area contributed by atoms with Crippen LogP contribution in [0.3, 0.4) is 0 Å². The topological polar surface area (TPSA) is 17.1 Å². The fourth-order valence-corrected chi connectivity index (χ4v) is 0.279. The van der Waals surface area contributed by atoms with Crippen molar-refractivity contribution < 1.29 is 18.0 Å². The Balaban J connectivity index is 4.06. The summed E-state index contributed by atoms with van der Waals surface area (Å²) in [6.07, 6.45) is -4.72. The molecule has 0 saturated heterocycles. The summed E-state index contributed by atoms with van der Waals surface area (Å²) in [5, 5.41) is 0. The van der Waals surface area contributed by atoms with E-state index in [1.54, 1.807) is 0 Å². The van der Waals surface area contributed by atoms with Gasteiger partial charge in [0.25, 0.3) is 5.78 Å². The van der Waals surface area contributed by atoms with Crippen LogP contribution in [-0.2, 0) is 4.79 Å². The van der Waals surface area contributed by atoms with Crippen LogP contribution >= 0.6 is 0 Å². The van der Waals surface area contributed by atoms with Crippen molar-refractivity contribution in [2.75, 3.05) is 0 Å². The second-order valence-corrected chi connectivity index (χ2v) is 1.76. The van der Waals surface area contributed by atoms with Crippen LogP contribution in [0.15, 0.2) is 0 Å². The van der Waals surface area contributed by atoms with Gasteiger partial charge in [0.05, 0.1) is 6.92 Å². The van der Waals surface area contributed by atoms with Gasteiger partial charge in [0, 0.05) is 0 Å². The molecule has 0 bridgehead atoms. The highest BCUT2D eigenvalue weighted by atomic mass is 19.4. The molecule has 1 atom stereocenters. The Morgan fingerprint density at radius 1 is 1.56 bits per heavy atom. The molecular weight excluding hydrogens is 133 g/mol. The SMILES string of the molecule is [CH2+]C(C)C(=O)C(F)(F)F. The molecule has 1 nitrogen and oxygen atoms in total. The number of carbonyl (C=O) groups is 1. The minimum Gasteiger partial charge on any atom is -0.284 e. The second kappa shape index (κ2) is 2.29. The van der Waals surface area contributed by atoms with Crippen molar-refractivity contribution in [1.82, 2.24) is 0 Å². The van der Waals surface area contributed by atoms with Gasteiger partial charge in [0.1, 0.15) is 0 Å². The summed E-state index contributed by atoms with van der Waals surface area (Å²) in [5.74, 6) is -2.98. The average Bonchev–Trinajstić information content (AvgIpc) is 1.62. The molecule has 0 fully saturated rings. The first-order valence-electron chi connectivity index (χ1n) is 2.30. The molecule has 0 radical (unpaired) electrons. The summed E-state index contributed by atoms with van der Waals surface area (Å²) < 4.78 is 33.9. The highest BCUT2D eigenvalue weighted by Crippen LogP contribution is 2.19. The normalized spacial score (nSPS) is 15.1. The zero-order valence-corrected chi connectivity index (χ0v) is 4.83. The molecule has 0 N–H and O–H groups in total. The molecule has 0 heterocycles. The Labute approximate surface area is 50.9 Å². The molecule has 0 aliphatic rings. The van der Waals surface area contributed by atoms with Gasteiger partial charge in [-0.3, -0.25) is 4.79 Å². The van der Waals surface area contributed by atoms with Gasteiger partial charge in [-0.1, -0.05) is 0 Å². The number of hydrogen-bond donors (Lipinski definition) is 0. The zero-order chi connectivity index (χ0) is 7.65. The van der Waals surface area contributed by atoms with Crippen LogP contribution in [0.4, 0.5) is 13.2 Å². The summed E-state index contributed by atoms with van der Waals surface area (Å²) in [5.41, 5.74) is 0. The Morgan fingerprint density at radius 2 is 1.89 bits per heavy atom. The van der Waals surface area contributed by atoms with Crippen molar-refractivity contribution >= 4 is 5.78 Å². The summed E-state index contributed by atoms with van der Waals surface area (Å²) in [6, 6.07) is 0. The van der Waals surface area contributed by atoms with Crippen molar-refractivity contribution in [1.29, 1.82) is 0 Å². The molecule has 0 rings (SSSR count). The summed E-state index contributed by atoms with van der Waals surface area (Å²) in [4.78, 5) is 9.98. The van der Waals surface area contributed by atoms with Crippen molar-refractivity contribution in [3.63, 3.8) is 0 Å². The van der Waals surface area contributed by atoms with Crippen LogP contribution in [-0.4, -0.2) is 12.0 Å². The maximum atomic E-state index is 11.3. The molecule has 0 aliphatic heterocycles. The van der Waals surface area contributed by atoms with E-state index in [-0.39, 0.29) is 0 Å². The van der Waals surface area contributed by atoms with Crippen molar-refractivity contribution in [3.05, 3.63) is 6.92 Å². The minimum atomic E-state index is -4.72. The third-order valence-electron chi connectivity index (χ3n) is 0.727. The molecule has 0 aliphatic carbocycles. The van der Waals surface area contributed by atoms with E-state index >= 15 is 0 Å². The summed E-state index contributed by atoms with van der Waals surface area (Å²) >= 11 is 0. The molecule has 0 aromatic rings. The van der Waals surface area contributed by atoms with Crippen molar-refractivity contribution in [3.8, 4) is 0 Å². The number of alkyl halides is 3. The fraction of sp³-hybridized carbons (Fsp3) is 0.600. The third kappa shape index (κ3) is 2.39. The largest absolute Gasteiger partial charge is 0.454 e. The van der Waals surface area contributed by atoms with E-state index in [1.165, 1.54) is 0 Å². The number of Topliss-reactive ketones (excluding diaryl/α,β-unsaturated/α-hetero) is 1. The molecule has 0 spiro atoms. The molecule has 0 aromatic carbocycles. The highest BCUT2D eigenvalue weighted by molar-refractivity contribution is 5.86. The van der Waals surface area contributed by atoms with E-state index in [1.807, 2.05) is 0 Å². The first kappa shape index (κ1) is 8.33. The monoisotopic (exact) mass is 139 g/mol. The molecule has 4 heteroatoms. The number of ketones is 1. The predicted octanol–water partition coefficient (Wildman–Crippen LogP) is 1.59. The lowest BCUT2D eigenvalue weighted by atomic mass is 10.1. The lowest BCUT2D eigenvalue weighted by molar-refractivity contribution is -0.173. The molecule has 0 saturated carbocycles. The van der Waals surface area contributed by atoms with E-state index in [0.29, 0.717) is 0 Å². The van der Waals surface area contributed by atoms with Gasteiger partial charge in [-0.05, 0) is 6.92 Å². The zero-order valence-electron chi connectivity index (χ0n) is 4.83. The number of halogens is 3. The van der Waals surface area contributed by atoms with Crippen LogP contribution < -0.4 is 0 Å². The van der Waals surface area contributed by atoms with Gasteiger partial charge in [-0.2, -0.15) is 13.2 Å². The number of hydrogen-bond acceptors (Lipinski definition) is 1. The molecular formula is C5H6F3O+. The van der Waals surface area contributed by atoms with E-state index in [2.05, 4.69) is 6.92 Å². The van der Waals surface area contributed by atoms with Gasteiger partial charge >= 0.3 is 6.18 Å². The van der Waals surface area contributed by atoms with E-state index in [4.69, 9.17) is 0 Å². The standard InChI is InChI=1S/C5H6F3O/c1-3(2)4(9)5(6,7)8/h3H,1H2,2H3/q+1. The first-order chi connectivity index (χ1) is 3.85. The molecule has 1 unspecified atom stereocenters. The predicted molar refractivity (Wildman–Crippen MR) is 25.6 cm³/mol. The molecule has 0 amide bonds. The lowest BCUT2D eigenvalue weighted by Gasteiger charge is -2.01. The number of carbonyl (C=O) groups excluding carboxylic acids is 1. The molecule has 0 aromatic heterocycles. The van der Waals surface area contributed by atoms with E-state index < -0.39 is 17.9 Å². The minimum absolute atomic E-state index is 1.11. The Morgan fingerprint density at radius 3 is 1.89 bits per heavy atom. The van der Waals surface area contributed by atoms with Crippen LogP contribution in [0.25, 0.3) is 0 Å². The van der Waals surface area contributed by atoms with Crippen LogP contribution in [0, 0.1) is 12.8 Å². The quantitative estimate of drug-likeness (QED) is 0.504. The summed E-state index contributed by atoms with van der Waals surface area (Å²) in [6.45, 7) is 4.04. The van der Waals surface area contributed by atoms with Crippen LogP contribution in [0.1, 0.15) is 6.92 Å². The average molecular weight is 139 g/mol. The van der Waals surface area contributed by atoms with Crippen molar-refractivity contribution in [2.45, 2.75) is 13.1 Å². The Bertz CT molecular complexity index is 114. The number of rotatable bonds is 1. The van der Waals surface area contributed by atoms with Gasteiger partial charge in [0.2, 0.25) is 0 Å². The smallest absolute Gasteiger partial charge is 0.284 e. The Hall–Kier alpha value is -0.670. The molecule has 52 valence electrons. The van der Waals surface area contributed by atoms with Gasteiger partial charge in [-0.15, -0.1) is 0 Å². The first-order valence-corrected chi connectivity index (χ1v) is 2.30. The summed E-state index contributed by atoms with van der Waals surface area (Å²) in [7, 11) is 0. The van der Waals surface area contributed by atoms with Crippen LogP contribution in [0.5, 0.6) is 0 Å². The van der Waals surface area contributed by atoms with Gasteiger partial charge < -0.3 is 0 Å². The maximum absolute atomic E-state index is 11.3. The van der Waals surface area contributed by atoms with Gasteiger partial charge in [0.15, 0.2) is 5.92 Å². The Kier molecular flexibility index (Phi) is 2.12. The van der Waals surface area contributed by atoms with Crippen molar-refractivity contribution in [2.24, 2.45) is 5.92 Å². The second-order valence-electron chi connectivity index (χ2n) is 1.76. The molecule has 9 heavy (non-hydrogen) atoms. The highest BCUT2D eigenvalue weighted by Gasteiger charge is 2.42. The van der Waals surface area contributed by atoms with Gasteiger partial charge in [-0.25, -0.2) is 0 Å².